The van der Waals surface area contributed by atoms with Crippen LogP contribution in [0.5, 0.6) is 5.75 Å². The minimum Gasteiger partial charge on any atom is -0.495 e. The largest absolute Gasteiger partial charge is 0.495 e. The first-order valence-electron chi connectivity index (χ1n) is 8.87. The highest BCUT2D eigenvalue weighted by Gasteiger charge is 2.26. The van der Waals surface area contributed by atoms with E-state index in [4.69, 9.17) is 16.3 Å². The standard InChI is InChI=1S/C20H23ClFN3O2/c1-14(20(26)23-15-7-8-17(22)16(21)13-15)24-9-11-25(12-10-24)18-5-3-4-6-19(18)27-2/h3-8,13-14H,9-12H2,1-2H3,(H,23,26)/t14-/m0/s1. The summed E-state index contributed by atoms with van der Waals surface area (Å²) in [6.07, 6.45) is 0. The molecule has 0 unspecified atom stereocenters. The number of para-hydroxylation sites is 2. The zero-order valence-corrected chi connectivity index (χ0v) is 16.2. The molecule has 0 bridgehead atoms. The molecule has 0 spiro atoms. The summed E-state index contributed by atoms with van der Waals surface area (Å²) in [4.78, 5) is 16.9. The molecule has 0 radical (unpaired) electrons. The van der Waals surface area contributed by atoms with Gasteiger partial charge >= 0.3 is 0 Å². The van der Waals surface area contributed by atoms with Gasteiger partial charge in [-0.05, 0) is 37.3 Å². The van der Waals surface area contributed by atoms with E-state index in [-0.39, 0.29) is 17.0 Å². The molecule has 27 heavy (non-hydrogen) atoms. The molecular formula is C20H23ClFN3O2. The first-order valence-corrected chi connectivity index (χ1v) is 9.25. The third-order valence-electron chi connectivity index (χ3n) is 4.85. The molecule has 0 aliphatic carbocycles. The molecule has 5 nitrogen and oxygen atoms in total. The molecule has 1 amide bonds. The smallest absolute Gasteiger partial charge is 0.241 e. The first-order chi connectivity index (χ1) is 13.0. The number of rotatable bonds is 5. The molecule has 1 fully saturated rings. The van der Waals surface area contributed by atoms with E-state index < -0.39 is 5.82 Å². The van der Waals surface area contributed by atoms with Crippen LogP contribution in [-0.4, -0.2) is 50.1 Å². The summed E-state index contributed by atoms with van der Waals surface area (Å²) in [5.74, 6) is 0.212. The summed E-state index contributed by atoms with van der Waals surface area (Å²) in [6.45, 7) is 5.01. The van der Waals surface area contributed by atoms with Gasteiger partial charge < -0.3 is 15.0 Å². The Kier molecular flexibility index (Phi) is 6.19. The number of piperazine rings is 1. The lowest BCUT2D eigenvalue weighted by molar-refractivity contribution is -0.120. The lowest BCUT2D eigenvalue weighted by Crippen LogP contribution is -2.52. The van der Waals surface area contributed by atoms with Gasteiger partial charge in [-0.3, -0.25) is 9.69 Å². The Morgan fingerprint density at radius 1 is 1.19 bits per heavy atom. The van der Waals surface area contributed by atoms with E-state index in [0.717, 1.165) is 37.6 Å². The van der Waals surface area contributed by atoms with Crippen molar-refractivity contribution in [1.82, 2.24) is 4.90 Å². The Bertz CT molecular complexity index is 810. The Morgan fingerprint density at radius 2 is 1.89 bits per heavy atom. The van der Waals surface area contributed by atoms with E-state index in [1.807, 2.05) is 31.2 Å². The normalized spacial score (nSPS) is 16.1. The Hall–Kier alpha value is -2.31. The predicted molar refractivity (Wildman–Crippen MR) is 106 cm³/mol. The van der Waals surface area contributed by atoms with Gasteiger partial charge in [0.2, 0.25) is 5.91 Å². The van der Waals surface area contributed by atoms with E-state index in [1.165, 1.54) is 18.2 Å². The van der Waals surface area contributed by atoms with Crippen molar-refractivity contribution in [3.63, 3.8) is 0 Å². The molecule has 3 rings (SSSR count). The number of hydrogen-bond donors (Lipinski definition) is 1. The van der Waals surface area contributed by atoms with Gasteiger partial charge in [-0.25, -0.2) is 4.39 Å². The summed E-state index contributed by atoms with van der Waals surface area (Å²) in [5, 5.41) is 2.79. The van der Waals surface area contributed by atoms with E-state index >= 15 is 0 Å². The van der Waals surface area contributed by atoms with Crippen LogP contribution in [0.4, 0.5) is 15.8 Å². The maximum atomic E-state index is 13.2. The van der Waals surface area contributed by atoms with Gasteiger partial charge in [0.15, 0.2) is 0 Å². The molecule has 1 N–H and O–H groups in total. The maximum Gasteiger partial charge on any atom is 0.241 e. The highest BCUT2D eigenvalue weighted by molar-refractivity contribution is 6.31. The van der Waals surface area contributed by atoms with Crippen molar-refractivity contribution >= 4 is 28.9 Å². The Morgan fingerprint density at radius 3 is 2.56 bits per heavy atom. The molecule has 2 aromatic carbocycles. The number of hydrogen-bond acceptors (Lipinski definition) is 4. The molecule has 2 aromatic rings. The second-order valence-electron chi connectivity index (χ2n) is 6.49. The zero-order valence-electron chi connectivity index (χ0n) is 15.4. The lowest BCUT2D eigenvalue weighted by atomic mass is 10.2. The SMILES string of the molecule is COc1ccccc1N1CCN([C@@H](C)C(=O)Nc2ccc(F)c(Cl)c2)CC1. The van der Waals surface area contributed by atoms with Crippen molar-refractivity contribution < 1.29 is 13.9 Å². The predicted octanol–water partition coefficient (Wildman–Crippen LogP) is 3.64. The third-order valence-corrected chi connectivity index (χ3v) is 5.14. The van der Waals surface area contributed by atoms with Crippen LogP contribution in [0.2, 0.25) is 5.02 Å². The zero-order chi connectivity index (χ0) is 19.4. The second-order valence-corrected chi connectivity index (χ2v) is 6.90. The molecule has 0 aromatic heterocycles. The van der Waals surface area contributed by atoms with E-state index in [0.29, 0.717) is 5.69 Å². The molecule has 144 valence electrons. The summed E-state index contributed by atoms with van der Waals surface area (Å²) >= 11 is 5.77. The van der Waals surface area contributed by atoms with Crippen LogP contribution in [-0.2, 0) is 4.79 Å². The molecule has 1 saturated heterocycles. The summed E-state index contributed by atoms with van der Waals surface area (Å²) < 4.78 is 18.7. The first kappa shape index (κ1) is 19.5. The molecule has 1 aliphatic rings. The van der Waals surface area contributed by atoms with Gasteiger partial charge in [-0.15, -0.1) is 0 Å². The van der Waals surface area contributed by atoms with Crippen LogP contribution in [0, 0.1) is 5.82 Å². The van der Waals surface area contributed by atoms with Gasteiger partial charge in [0.25, 0.3) is 0 Å². The third kappa shape index (κ3) is 4.51. The van der Waals surface area contributed by atoms with Crippen molar-refractivity contribution in [3.8, 4) is 5.75 Å². The van der Waals surface area contributed by atoms with E-state index in [1.54, 1.807) is 7.11 Å². The fourth-order valence-electron chi connectivity index (χ4n) is 3.23. The van der Waals surface area contributed by atoms with E-state index in [2.05, 4.69) is 15.1 Å². The van der Waals surface area contributed by atoms with Gasteiger partial charge in [-0.2, -0.15) is 0 Å². The fourth-order valence-corrected chi connectivity index (χ4v) is 3.41. The number of ether oxygens (including phenoxy) is 1. The van der Waals surface area contributed by atoms with Crippen molar-refractivity contribution in [2.75, 3.05) is 43.5 Å². The minimum absolute atomic E-state index is 0.00845. The van der Waals surface area contributed by atoms with Crippen LogP contribution in [0.15, 0.2) is 42.5 Å². The maximum absolute atomic E-state index is 13.2. The number of carbonyl (C=O) groups excluding carboxylic acids is 1. The fraction of sp³-hybridized carbons (Fsp3) is 0.350. The number of amides is 1. The van der Waals surface area contributed by atoms with Gasteiger partial charge in [0.1, 0.15) is 11.6 Å². The average molecular weight is 392 g/mol. The molecule has 1 atom stereocenters. The summed E-state index contributed by atoms with van der Waals surface area (Å²) in [5.41, 5.74) is 1.56. The average Bonchev–Trinajstić information content (AvgIpc) is 2.70. The number of anilines is 2. The van der Waals surface area contributed by atoms with Gasteiger partial charge in [-0.1, -0.05) is 23.7 Å². The van der Waals surface area contributed by atoms with Crippen LogP contribution in [0.25, 0.3) is 0 Å². The highest BCUT2D eigenvalue weighted by atomic mass is 35.5. The van der Waals surface area contributed by atoms with Crippen LogP contribution >= 0.6 is 11.6 Å². The van der Waals surface area contributed by atoms with Crippen molar-refractivity contribution in [2.45, 2.75) is 13.0 Å². The topological polar surface area (TPSA) is 44.8 Å². The van der Waals surface area contributed by atoms with Gasteiger partial charge in [0.05, 0.1) is 23.9 Å². The number of methoxy groups -OCH3 is 1. The second kappa shape index (κ2) is 8.59. The number of carbonyl (C=O) groups is 1. The summed E-state index contributed by atoms with van der Waals surface area (Å²) in [6, 6.07) is 11.8. The molecule has 0 saturated carbocycles. The lowest BCUT2D eigenvalue weighted by Gasteiger charge is -2.38. The minimum atomic E-state index is -0.504. The highest BCUT2D eigenvalue weighted by Crippen LogP contribution is 2.28. The molecule has 7 heteroatoms. The summed E-state index contributed by atoms with van der Waals surface area (Å²) in [7, 11) is 1.67. The van der Waals surface area contributed by atoms with E-state index in [9.17, 15) is 9.18 Å². The number of nitrogens with one attached hydrogen (secondary N) is 1. The Balaban J connectivity index is 1.58. The van der Waals surface area contributed by atoms with Crippen molar-refractivity contribution in [1.29, 1.82) is 0 Å². The Labute approximate surface area is 163 Å². The number of halogens is 2. The van der Waals surface area contributed by atoms with Gasteiger partial charge in [0, 0.05) is 31.9 Å². The van der Waals surface area contributed by atoms with Crippen LogP contribution < -0.4 is 15.0 Å². The number of benzene rings is 2. The quantitative estimate of drug-likeness (QED) is 0.845. The van der Waals surface area contributed by atoms with Crippen molar-refractivity contribution in [2.24, 2.45) is 0 Å². The van der Waals surface area contributed by atoms with Crippen molar-refractivity contribution in [3.05, 3.63) is 53.3 Å². The number of nitrogens with zero attached hydrogens (tertiary/aromatic N) is 2. The van der Waals surface area contributed by atoms with Crippen LogP contribution in [0.3, 0.4) is 0 Å². The monoisotopic (exact) mass is 391 g/mol. The molecule has 1 aliphatic heterocycles. The molecule has 1 heterocycles. The molecular weight excluding hydrogens is 369 g/mol. The van der Waals surface area contributed by atoms with Crippen LogP contribution in [0.1, 0.15) is 6.92 Å².